The van der Waals surface area contributed by atoms with Crippen molar-refractivity contribution in [2.24, 2.45) is 0 Å². The van der Waals surface area contributed by atoms with E-state index in [1.807, 2.05) is 41.1 Å². The van der Waals surface area contributed by atoms with Gasteiger partial charge in [-0.15, -0.1) is 10.2 Å². The number of aryl methyl sites for hydroxylation is 1. The van der Waals surface area contributed by atoms with E-state index in [4.69, 9.17) is 9.15 Å². The van der Waals surface area contributed by atoms with E-state index in [9.17, 15) is 4.79 Å². The zero-order valence-corrected chi connectivity index (χ0v) is 13.4. The maximum absolute atomic E-state index is 12.7. The summed E-state index contributed by atoms with van der Waals surface area (Å²) in [5, 5.41) is 8.95. The molecule has 2 aromatic heterocycles. The van der Waals surface area contributed by atoms with Gasteiger partial charge in [0.15, 0.2) is 6.10 Å². The fraction of sp³-hybridized carbons (Fsp3) is 0.353. The monoisotopic (exact) mass is 326 g/mol. The van der Waals surface area contributed by atoms with Crippen LogP contribution in [-0.4, -0.2) is 45.3 Å². The SMILES string of the molecule is Cc1nnc(C2CN(C(=O)Cn3ccc4ccccc43)CCO2)o1. The molecule has 1 unspecified atom stereocenters. The number of hydrogen-bond acceptors (Lipinski definition) is 5. The van der Waals surface area contributed by atoms with Crippen LogP contribution in [0.25, 0.3) is 10.9 Å². The molecule has 1 amide bonds. The number of carbonyl (C=O) groups excluding carboxylic acids is 1. The Hall–Kier alpha value is -2.67. The van der Waals surface area contributed by atoms with E-state index in [2.05, 4.69) is 10.2 Å². The molecule has 1 saturated heterocycles. The summed E-state index contributed by atoms with van der Waals surface area (Å²) in [6.45, 7) is 3.51. The van der Waals surface area contributed by atoms with Gasteiger partial charge in [-0.2, -0.15) is 0 Å². The Morgan fingerprint density at radius 3 is 3.00 bits per heavy atom. The third kappa shape index (κ3) is 2.78. The predicted molar refractivity (Wildman–Crippen MR) is 86.2 cm³/mol. The Kier molecular flexibility index (Phi) is 3.78. The molecule has 3 aromatic rings. The number of para-hydroxylation sites is 1. The minimum Gasteiger partial charge on any atom is -0.423 e. The minimum absolute atomic E-state index is 0.0564. The Labute approximate surface area is 138 Å². The van der Waals surface area contributed by atoms with Crippen LogP contribution in [0, 0.1) is 6.92 Å². The largest absolute Gasteiger partial charge is 0.423 e. The summed E-state index contributed by atoms with van der Waals surface area (Å²) < 4.78 is 13.1. The predicted octanol–water partition coefficient (Wildman–Crippen LogP) is 1.93. The highest BCUT2D eigenvalue weighted by Gasteiger charge is 2.29. The lowest BCUT2D eigenvalue weighted by Crippen LogP contribution is -2.43. The van der Waals surface area contributed by atoms with Crippen molar-refractivity contribution in [3.8, 4) is 0 Å². The molecule has 0 spiro atoms. The number of benzene rings is 1. The normalized spacial score (nSPS) is 18.2. The number of aromatic nitrogens is 3. The molecular formula is C17H18N4O3. The van der Waals surface area contributed by atoms with Gasteiger partial charge in [-0.3, -0.25) is 4.79 Å². The summed E-state index contributed by atoms with van der Waals surface area (Å²) in [6, 6.07) is 10.1. The first kappa shape index (κ1) is 14.9. The highest BCUT2D eigenvalue weighted by atomic mass is 16.5. The Morgan fingerprint density at radius 1 is 1.29 bits per heavy atom. The van der Waals surface area contributed by atoms with Crippen molar-refractivity contribution in [3.05, 3.63) is 48.3 Å². The molecule has 7 nitrogen and oxygen atoms in total. The van der Waals surface area contributed by atoms with Crippen LogP contribution in [0.3, 0.4) is 0 Å². The van der Waals surface area contributed by atoms with E-state index < -0.39 is 0 Å². The van der Waals surface area contributed by atoms with Crippen LogP contribution in [0.1, 0.15) is 17.9 Å². The van der Waals surface area contributed by atoms with Gasteiger partial charge in [0, 0.05) is 25.2 Å². The molecular weight excluding hydrogens is 308 g/mol. The van der Waals surface area contributed by atoms with E-state index in [1.54, 1.807) is 11.8 Å². The lowest BCUT2D eigenvalue weighted by atomic mass is 10.2. The fourth-order valence-corrected chi connectivity index (χ4v) is 2.99. The van der Waals surface area contributed by atoms with Gasteiger partial charge in [-0.25, -0.2) is 0 Å². The molecule has 0 bridgehead atoms. The average Bonchev–Trinajstić information content (AvgIpc) is 3.22. The molecule has 0 aliphatic carbocycles. The lowest BCUT2D eigenvalue weighted by Gasteiger charge is -2.31. The van der Waals surface area contributed by atoms with Gasteiger partial charge in [0.05, 0.1) is 13.2 Å². The molecule has 1 fully saturated rings. The summed E-state index contributed by atoms with van der Waals surface area (Å²) in [4.78, 5) is 14.5. The van der Waals surface area contributed by atoms with Gasteiger partial charge in [0.1, 0.15) is 6.54 Å². The van der Waals surface area contributed by atoms with Crippen molar-refractivity contribution >= 4 is 16.8 Å². The molecule has 0 radical (unpaired) electrons. The van der Waals surface area contributed by atoms with Crippen LogP contribution >= 0.6 is 0 Å². The number of ether oxygens (including phenoxy) is 1. The summed E-state index contributed by atoms with van der Waals surface area (Å²) >= 11 is 0. The molecule has 0 N–H and O–H groups in total. The summed E-state index contributed by atoms with van der Waals surface area (Å²) in [6.07, 6.45) is 1.59. The smallest absolute Gasteiger partial charge is 0.246 e. The van der Waals surface area contributed by atoms with Gasteiger partial charge < -0.3 is 18.6 Å². The number of nitrogens with zero attached hydrogens (tertiary/aromatic N) is 4. The summed E-state index contributed by atoms with van der Waals surface area (Å²) in [5.74, 6) is 0.980. The van der Waals surface area contributed by atoms with E-state index in [1.165, 1.54) is 0 Å². The van der Waals surface area contributed by atoms with Crippen LogP contribution in [-0.2, 0) is 16.1 Å². The highest BCUT2D eigenvalue weighted by Crippen LogP contribution is 2.22. The number of rotatable bonds is 3. The number of morpholine rings is 1. The zero-order valence-electron chi connectivity index (χ0n) is 13.4. The average molecular weight is 326 g/mol. The standard InChI is InChI=1S/C17H18N4O3/c1-12-18-19-17(24-12)15-10-21(8-9-23-15)16(22)11-20-7-6-13-4-2-3-5-14(13)20/h2-7,15H,8-11H2,1H3. The third-order valence-electron chi connectivity index (χ3n) is 4.22. The molecule has 4 rings (SSSR count). The van der Waals surface area contributed by atoms with Crippen LogP contribution in [0.15, 0.2) is 40.9 Å². The molecule has 1 atom stereocenters. The van der Waals surface area contributed by atoms with Crippen molar-refractivity contribution in [1.82, 2.24) is 19.7 Å². The van der Waals surface area contributed by atoms with Crippen LogP contribution in [0.5, 0.6) is 0 Å². The first-order valence-electron chi connectivity index (χ1n) is 7.94. The second kappa shape index (κ2) is 6.09. The van der Waals surface area contributed by atoms with Crippen molar-refractivity contribution in [2.45, 2.75) is 19.6 Å². The Balaban J connectivity index is 1.48. The molecule has 0 saturated carbocycles. The first-order valence-corrected chi connectivity index (χ1v) is 7.94. The number of carbonyl (C=O) groups is 1. The summed E-state index contributed by atoms with van der Waals surface area (Å²) in [7, 11) is 0. The molecule has 3 heterocycles. The minimum atomic E-state index is -0.356. The van der Waals surface area contributed by atoms with Crippen LogP contribution in [0.2, 0.25) is 0 Å². The maximum Gasteiger partial charge on any atom is 0.246 e. The van der Waals surface area contributed by atoms with Crippen molar-refractivity contribution in [2.75, 3.05) is 19.7 Å². The Morgan fingerprint density at radius 2 is 2.17 bits per heavy atom. The van der Waals surface area contributed by atoms with Gasteiger partial charge >= 0.3 is 0 Å². The second-order valence-corrected chi connectivity index (χ2v) is 5.86. The number of hydrogen-bond donors (Lipinski definition) is 0. The number of amides is 1. The third-order valence-corrected chi connectivity index (χ3v) is 4.22. The van der Waals surface area contributed by atoms with E-state index in [0.717, 1.165) is 10.9 Å². The van der Waals surface area contributed by atoms with E-state index in [0.29, 0.717) is 38.0 Å². The molecule has 1 aromatic carbocycles. The molecule has 7 heteroatoms. The number of fused-ring (bicyclic) bond motifs is 1. The van der Waals surface area contributed by atoms with Gasteiger partial charge in [0.2, 0.25) is 17.7 Å². The van der Waals surface area contributed by atoms with Gasteiger partial charge in [0.25, 0.3) is 0 Å². The topological polar surface area (TPSA) is 73.4 Å². The van der Waals surface area contributed by atoms with Crippen LogP contribution in [0.4, 0.5) is 0 Å². The fourth-order valence-electron chi connectivity index (χ4n) is 2.99. The second-order valence-electron chi connectivity index (χ2n) is 5.86. The van der Waals surface area contributed by atoms with E-state index >= 15 is 0 Å². The zero-order chi connectivity index (χ0) is 16.5. The van der Waals surface area contributed by atoms with Crippen molar-refractivity contribution < 1.29 is 13.9 Å². The molecule has 1 aliphatic heterocycles. The molecule has 124 valence electrons. The highest BCUT2D eigenvalue weighted by molar-refractivity contribution is 5.83. The molecule has 24 heavy (non-hydrogen) atoms. The Bertz CT molecular complexity index is 869. The summed E-state index contributed by atoms with van der Waals surface area (Å²) in [5.41, 5.74) is 1.06. The van der Waals surface area contributed by atoms with Crippen LogP contribution < -0.4 is 0 Å². The first-order chi connectivity index (χ1) is 11.7. The van der Waals surface area contributed by atoms with E-state index in [-0.39, 0.29) is 12.0 Å². The lowest BCUT2D eigenvalue weighted by molar-refractivity contribution is -0.140. The van der Waals surface area contributed by atoms with Gasteiger partial charge in [-0.1, -0.05) is 18.2 Å². The quantitative estimate of drug-likeness (QED) is 0.735. The van der Waals surface area contributed by atoms with Gasteiger partial charge in [-0.05, 0) is 17.5 Å². The maximum atomic E-state index is 12.7. The molecule has 1 aliphatic rings. The van der Waals surface area contributed by atoms with Crippen molar-refractivity contribution in [3.63, 3.8) is 0 Å². The van der Waals surface area contributed by atoms with Crippen molar-refractivity contribution in [1.29, 1.82) is 0 Å².